The first-order valence-corrected chi connectivity index (χ1v) is 7.96. The zero-order chi connectivity index (χ0) is 16.7. The molecule has 0 N–H and O–H groups in total. The molecule has 3 aromatic heterocycles. The Balaban J connectivity index is 1.85. The Morgan fingerprint density at radius 3 is 2.58 bits per heavy atom. The molecule has 0 fully saturated rings. The normalized spacial score (nSPS) is 12.6. The highest BCUT2D eigenvalue weighted by atomic mass is 16.5. The van der Waals surface area contributed by atoms with Gasteiger partial charge in [-0.3, -0.25) is 0 Å². The van der Waals surface area contributed by atoms with Crippen LogP contribution >= 0.6 is 0 Å². The predicted molar refractivity (Wildman–Crippen MR) is 92.8 cm³/mol. The first kappa shape index (κ1) is 14.6. The molecule has 1 atom stereocenters. The van der Waals surface area contributed by atoms with Gasteiger partial charge in [-0.2, -0.15) is 0 Å². The van der Waals surface area contributed by atoms with Crippen molar-refractivity contribution in [1.29, 1.82) is 0 Å². The molecule has 120 valence electrons. The Bertz CT molecular complexity index is 981. The van der Waals surface area contributed by atoms with Crippen LogP contribution in [0.25, 0.3) is 22.3 Å². The van der Waals surface area contributed by atoms with Gasteiger partial charge in [0.15, 0.2) is 5.65 Å². The number of fused-ring (bicyclic) bond motifs is 1. The summed E-state index contributed by atoms with van der Waals surface area (Å²) < 4.78 is 7.44. The summed E-state index contributed by atoms with van der Waals surface area (Å²) in [5.74, 6) is 0.802. The minimum absolute atomic E-state index is 0.179. The minimum Gasteiger partial charge on any atom is -0.361 e. The molecule has 0 spiro atoms. The van der Waals surface area contributed by atoms with Gasteiger partial charge in [0.05, 0.1) is 23.6 Å². The Morgan fingerprint density at radius 2 is 1.88 bits per heavy atom. The molecule has 4 aromatic rings. The average Bonchev–Trinajstić information content (AvgIpc) is 3.17. The maximum atomic E-state index is 5.29. The summed E-state index contributed by atoms with van der Waals surface area (Å²) in [7, 11) is 0. The van der Waals surface area contributed by atoms with E-state index in [1.54, 1.807) is 0 Å². The summed E-state index contributed by atoms with van der Waals surface area (Å²) in [4.78, 5) is 8.96. The van der Waals surface area contributed by atoms with Crippen LogP contribution in [-0.2, 0) is 0 Å². The lowest BCUT2D eigenvalue weighted by Gasteiger charge is -2.15. The highest BCUT2D eigenvalue weighted by Gasteiger charge is 2.16. The van der Waals surface area contributed by atoms with Crippen molar-refractivity contribution < 1.29 is 4.52 Å². The summed E-state index contributed by atoms with van der Waals surface area (Å²) in [6.07, 6.45) is 3.69. The Morgan fingerprint density at radius 1 is 1.08 bits per heavy atom. The van der Waals surface area contributed by atoms with E-state index in [-0.39, 0.29) is 6.04 Å². The van der Waals surface area contributed by atoms with E-state index in [0.717, 1.165) is 33.7 Å². The predicted octanol–water partition coefficient (Wildman–Crippen LogP) is 4.31. The van der Waals surface area contributed by atoms with Crippen LogP contribution in [0, 0.1) is 13.8 Å². The zero-order valence-corrected chi connectivity index (χ0v) is 13.9. The Hall–Kier alpha value is -2.95. The number of hydrogen-bond donors (Lipinski definition) is 0. The first-order chi connectivity index (χ1) is 11.6. The minimum atomic E-state index is 0.179. The quantitative estimate of drug-likeness (QED) is 0.565. The van der Waals surface area contributed by atoms with E-state index in [2.05, 4.69) is 56.9 Å². The van der Waals surface area contributed by atoms with Crippen molar-refractivity contribution in [2.24, 2.45) is 0 Å². The van der Waals surface area contributed by atoms with Crippen LogP contribution in [0.15, 0.2) is 53.4 Å². The van der Waals surface area contributed by atoms with Gasteiger partial charge >= 0.3 is 0 Å². The van der Waals surface area contributed by atoms with E-state index in [4.69, 9.17) is 4.52 Å². The molecule has 0 aliphatic heterocycles. The molecule has 0 bridgehead atoms. The number of aryl methyl sites for hydroxylation is 2. The van der Waals surface area contributed by atoms with E-state index < -0.39 is 0 Å². The third-order valence-corrected chi connectivity index (χ3v) is 4.45. The Kier molecular flexibility index (Phi) is 3.41. The van der Waals surface area contributed by atoms with Gasteiger partial charge in [-0.25, -0.2) is 9.97 Å². The third-order valence-electron chi connectivity index (χ3n) is 4.45. The molecule has 5 heteroatoms. The molecule has 0 aliphatic carbocycles. The number of hydrogen-bond acceptors (Lipinski definition) is 4. The van der Waals surface area contributed by atoms with Crippen LogP contribution in [0.4, 0.5) is 0 Å². The maximum absolute atomic E-state index is 5.29. The highest BCUT2D eigenvalue weighted by molar-refractivity contribution is 5.79. The average molecular weight is 318 g/mol. The number of imidazole rings is 1. The van der Waals surface area contributed by atoms with Gasteiger partial charge in [-0.05, 0) is 32.4 Å². The van der Waals surface area contributed by atoms with Gasteiger partial charge in [0.2, 0.25) is 0 Å². The number of rotatable bonds is 3. The highest BCUT2D eigenvalue weighted by Crippen LogP contribution is 2.30. The van der Waals surface area contributed by atoms with E-state index in [1.165, 1.54) is 5.56 Å². The third kappa shape index (κ3) is 2.29. The topological polar surface area (TPSA) is 56.7 Å². The molecule has 0 saturated heterocycles. The standard InChI is InChI=1S/C19H18N4O/c1-12-18(14(3)24-22-12)16-9-17-19(20-10-16)21-11-23(17)13(2)15-7-5-4-6-8-15/h4-11,13H,1-3H3/t13-/m0/s1. The second-order valence-corrected chi connectivity index (χ2v) is 6.00. The van der Waals surface area contributed by atoms with Crippen LogP contribution in [0.3, 0.4) is 0 Å². The molecule has 4 rings (SSSR count). The lowest BCUT2D eigenvalue weighted by molar-refractivity contribution is 0.393. The SMILES string of the molecule is Cc1noc(C)c1-c1cnc2ncn([C@@H](C)c3ccccc3)c2c1. The van der Waals surface area contributed by atoms with Crippen LogP contribution in [0.5, 0.6) is 0 Å². The lowest BCUT2D eigenvalue weighted by atomic mass is 10.1. The van der Waals surface area contributed by atoms with Crippen molar-refractivity contribution >= 4 is 11.2 Å². The van der Waals surface area contributed by atoms with Crippen LogP contribution < -0.4 is 0 Å². The number of pyridine rings is 1. The van der Waals surface area contributed by atoms with Crippen molar-refractivity contribution in [2.45, 2.75) is 26.8 Å². The molecule has 0 saturated carbocycles. The van der Waals surface area contributed by atoms with Gasteiger partial charge < -0.3 is 9.09 Å². The first-order valence-electron chi connectivity index (χ1n) is 7.96. The van der Waals surface area contributed by atoms with Gasteiger partial charge in [0, 0.05) is 17.3 Å². The van der Waals surface area contributed by atoms with Crippen molar-refractivity contribution in [3.8, 4) is 11.1 Å². The molecule has 0 amide bonds. The number of nitrogens with zero attached hydrogens (tertiary/aromatic N) is 4. The van der Waals surface area contributed by atoms with Gasteiger partial charge in [-0.1, -0.05) is 35.5 Å². The van der Waals surface area contributed by atoms with Crippen molar-refractivity contribution in [2.75, 3.05) is 0 Å². The second kappa shape index (κ2) is 5.60. The maximum Gasteiger partial charge on any atom is 0.177 e. The fraction of sp³-hybridized carbons (Fsp3) is 0.211. The molecular formula is C19H18N4O. The molecule has 5 nitrogen and oxygen atoms in total. The smallest absolute Gasteiger partial charge is 0.177 e. The van der Waals surface area contributed by atoms with Crippen molar-refractivity contribution in [1.82, 2.24) is 19.7 Å². The molecule has 3 heterocycles. The summed E-state index contributed by atoms with van der Waals surface area (Å²) in [5, 5.41) is 4.04. The van der Waals surface area contributed by atoms with Gasteiger partial charge in [0.1, 0.15) is 5.76 Å². The van der Waals surface area contributed by atoms with Crippen molar-refractivity contribution in [3.63, 3.8) is 0 Å². The van der Waals surface area contributed by atoms with E-state index >= 15 is 0 Å². The monoisotopic (exact) mass is 318 g/mol. The number of aromatic nitrogens is 4. The fourth-order valence-corrected chi connectivity index (χ4v) is 3.15. The lowest BCUT2D eigenvalue weighted by Crippen LogP contribution is -2.05. The molecule has 1 aromatic carbocycles. The van der Waals surface area contributed by atoms with E-state index in [0.29, 0.717) is 0 Å². The zero-order valence-electron chi connectivity index (χ0n) is 13.9. The van der Waals surface area contributed by atoms with E-state index in [9.17, 15) is 0 Å². The molecular weight excluding hydrogens is 300 g/mol. The van der Waals surface area contributed by atoms with Crippen LogP contribution in [0.2, 0.25) is 0 Å². The molecule has 0 radical (unpaired) electrons. The van der Waals surface area contributed by atoms with Crippen molar-refractivity contribution in [3.05, 3.63) is 65.9 Å². The summed E-state index contributed by atoms with van der Waals surface area (Å²) in [6, 6.07) is 12.7. The largest absolute Gasteiger partial charge is 0.361 e. The van der Waals surface area contributed by atoms with Crippen LogP contribution in [-0.4, -0.2) is 19.7 Å². The van der Waals surface area contributed by atoms with E-state index in [1.807, 2.05) is 32.4 Å². The van der Waals surface area contributed by atoms with Gasteiger partial charge in [0.25, 0.3) is 0 Å². The second-order valence-electron chi connectivity index (χ2n) is 6.00. The van der Waals surface area contributed by atoms with Gasteiger partial charge in [-0.15, -0.1) is 0 Å². The fourth-order valence-electron chi connectivity index (χ4n) is 3.15. The molecule has 0 aliphatic rings. The summed E-state index contributed by atoms with van der Waals surface area (Å²) in [5.41, 5.74) is 5.86. The van der Waals surface area contributed by atoms with Crippen LogP contribution in [0.1, 0.15) is 30.0 Å². The summed E-state index contributed by atoms with van der Waals surface area (Å²) >= 11 is 0. The number of benzene rings is 1. The Labute approximate surface area is 140 Å². The summed E-state index contributed by atoms with van der Waals surface area (Å²) in [6.45, 7) is 6.03. The molecule has 0 unspecified atom stereocenters. The molecule has 24 heavy (non-hydrogen) atoms.